The zero-order chi connectivity index (χ0) is 20.8. The summed E-state index contributed by atoms with van der Waals surface area (Å²) in [5.74, 6) is 0.247. The predicted molar refractivity (Wildman–Crippen MR) is 114 cm³/mol. The highest BCUT2D eigenvalue weighted by Gasteiger charge is 2.11. The van der Waals surface area contributed by atoms with E-state index in [0.717, 1.165) is 16.8 Å². The minimum atomic E-state index is -0.248. The Morgan fingerprint density at radius 3 is 2.30 bits per heavy atom. The van der Waals surface area contributed by atoms with Gasteiger partial charge in [0, 0.05) is 11.3 Å². The summed E-state index contributed by atoms with van der Waals surface area (Å²) in [7, 11) is 0. The van der Waals surface area contributed by atoms with Crippen LogP contribution in [0.25, 0.3) is 11.4 Å². The van der Waals surface area contributed by atoms with E-state index < -0.39 is 0 Å². The van der Waals surface area contributed by atoms with Gasteiger partial charge in [-0.25, -0.2) is 0 Å². The third kappa shape index (κ3) is 4.79. The van der Waals surface area contributed by atoms with Crippen LogP contribution in [0.3, 0.4) is 0 Å². The molecule has 30 heavy (non-hydrogen) atoms. The summed E-state index contributed by atoms with van der Waals surface area (Å²) < 4.78 is 0. The van der Waals surface area contributed by atoms with Gasteiger partial charge >= 0.3 is 0 Å². The Balaban J connectivity index is 1.35. The number of hydrogen-bond acceptors (Lipinski definition) is 6. The second kappa shape index (κ2) is 8.87. The molecule has 0 fully saturated rings. The number of tetrazole rings is 1. The first kappa shape index (κ1) is 19.1. The molecule has 0 atom stereocenters. The number of carbonyl (C=O) groups is 1. The quantitative estimate of drug-likeness (QED) is 0.477. The van der Waals surface area contributed by atoms with Crippen LogP contribution in [0.5, 0.6) is 0 Å². The molecule has 8 nitrogen and oxygen atoms in total. The fourth-order valence-corrected chi connectivity index (χ4v) is 2.79. The molecule has 0 aliphatic heterocycles. The van der Waals surface area contributed by atoms with Crippen molar-refractivity contribution in [2.45, 2.75) is 13.5 Å². The second-order valence-electron chi connectivity index (χ2n) is 6.59. The number of aryl methyl sites for hydroxylation is 1. The first-order chi connectivity index (χ1) is 14.7. The fourth-order valence-electron chi connectivity index (χ4n) is 2.79. The van der Waals surface area contributed by atoms with E-state index in [1.54, 1.807) is 24.3 Å². The standard InChI is InChI=1S/C22H19N7O/c1-16-7-5-6-10-20(16)22-26-28-29(27-22)15-21(30)23-17-11-13-19(14-12-17)25-24-18-8-3-2-4-9-18/h2-14H,15H2,1H3,(H,23,30). The van der Waals surface area contributed by atoms with Crippen LogP contribution in [-0.4, -0.2) is 26.1 Å². The molecular weight excluding hydrogens is 378 g/mol. The number of hydrogen-bond donors (Lipinski definition) is 1. The van der Waals surface area contributed by atoms with E-state index >= 15 is 0 Å². The van der Waals surface area contributed by atoms with E-state index in [9.17, 15) is 4.79 Å². The first-order valence-electron chi connectivity index (χ1n) is 9.38. The molecular formula is C22H19N7O. The molecule has 0 saturated carbocycles. The zero-order valence-corrected chi connectivity index (χ0v) is 16.3. The maximum Gasteiger partial charge on any atom is 0.248 e. The van der Waals surface area contributed by atoms with Crippen molar-refractivity contribution in [2.75, 3.05) is 5.32 Å². The molecule has 8 heteroatoms. The number of nitrogens with zero attached hydrogens (tertiary/aromatic N) is 6. The second-order valence-corrected chi connectivity index (χ2v) is 6.59. The van der Waals surface area contributed by atoms with Gasteiger partial charge < -0.3 is 5.32 Å². The van der Waals surface area contributed by atoms with Crippen LogP contribution in [-0.2, 0) is 11.3 Å². The molecule has 0 radical (unpaired) electrons. The van der Waals surface area contributed by atoms with Gasteiger partial charge in [-0.05, 0) is 54.1 Å². The lowest BCUT2D eigenvalue weighted by Crippen LogP contribution is -2.20. The summed E-state index contributed by atoms with van der Waals surface area (Å²) in [5.41, 5.74) is 4.06. The van der Waals surface area contributed by atoms with E-state index in [1.807, 2.05) is 61.5 Å². The van der Waals surface area contributed by atoms with E-state index in [-0.39, 0.29) is 12.5 Å². The van der Waals surface area contributed by atoms with E-state index in [0.29, 0.717) is 17.2 Å². The summed E-state index contributed by atoms with van der Waals surface area (Å²) in [6.07, 6.45) is 0. The molecule has 1 aromatic heterocycles. The molecule has 0 aliphatic rings. The fraction of sp³-hybridized carbons (Fsp3) is 0.0909. The predicted octanol–water partition coefficient (Wildman–Crippen LogP) is 4.70. The van der Waals surface area contributed by atoms with E-state index in [1.165, 1.54) is 4.80 Å². The number of amides is 1. The van der Waals surface area contributed by atoms with E-state index in [4.69, 9.17) is 0 Å². The summed E-state index contributed by atoms with van der Waals surface area (Å²) in [6, 6.07) is 24.4. The topological polar surface area (TPSA) is 97.4 Å². The lowest BCUT2D eigenvalue weighted by Gasteiger charge is -2.04. The van der Waals surface area contributed by atoms with Gasteiger partial charge in [0.2, 0.25) is 11.7 Å². The highest BCUT2D eigenvalue weighted by Crippen LogP contribution is 2.20. The molecule has 0 spiro atoms. The molecule has 1 N–H and O–H groups in total. The molecule has 1 amide bonds. The van der Waals surface area contributed by atoms with Gasteiger partial charge in [0.15, 0.2) is 0 Å². The summed E-state index contributed by atoms with van der Waals surface area (Å²) in [6.45, 7) is 1.94. The molecule has 4 rings (SSSR count). The SMILES string of the molecule is Cc1ccccc1-c1nnn(CC(=O)Nc2ccc(N=Nc3ccccc3)cc2)n1. The van der Waals surface area contributed by atoms with Crippen molar-refractivity contribution in [1.82, 2.24) is 20.2 Å². The third-order valence-corrected chi connectivity index (χ3v) is 4.31. The Labute approximate surface area is 173 Å². The Kier molecular flexibility index (Phi) is 5.66. The van der Waals surface area contributed by atoms with Crippen LogP contribution in [0.4, 0.5) is 17.1 Å². The van der Waals surface area contributed by atoms with Gasteiger partial charge in [0.05, 0.1) is 11.4 Å². The molecule has 0 saturated heterocycles. The smallest absolute Gasteiger partial charge is 0.248 e. The molecule has 4 aromatic rings. The van der Waals surface area contributed by atoms with Gasteiger partial charge in [-0.1, -0.05) is 42.5 Å². The van der Waals surface area contributed by atoms with Crippen molar-refractivity contribution < 1.29 is 4.79 Å². The van der Waals surface area contributed by atoms with Crippen LogP contribution >= 0.6 is 0 Å². The van der Waals surface area contributed by atoms with Gasteiger partial charge in [0.1, 0.15) is 6.54 Å². The number of benzene rings is 3. The number of aromatic nitrogens is 4. The van der Waals surface area contributed by atoms with Crippen molar-refractivity contribution in [3.63, 3.8) is 0 Å². The molecule has 148 valence electrons. The number of azo groups is 1. The van der Waals surface area contributed by atoms with Crippen molar-refractivity contribution in [3.8, 4) is 11.4 Å². The molecule has 0 unspecified atom stereocenters. The lowest BCUT2D eigenvalue weighted by molar-refractivity contribution is -0.117. The molecule has 3 aromatic carbocycles. The molecule has 0 bridgehead atoms. The van der Waals surface area contributed by atoms with Crippen LogP contribution < -0.4 is 5.32 Å². The summed E-state index contributed by atoms with van der Waals surface area (Å²) in [5, 5.41) is 23.5. The maximum atomic E-state index is 12.3. The van der Waals surface area contributed by atoms with E-state index in [2.05, 4.69) is 31.0 Å². The Morgan fingerprint density at radius 2 is 1.57 bits per heavy atom. The lowest BCUT2D eigenvalue weighted by atomic mass is 10.1. The molecule has 1 heterocycles. The van der Waals surface area contributed by atoms with Crippen LogP contribution in [0.1, 0.15) is 5.56 Å². The van der Waals surface area contributed by atoms with Gasteiger partial charge in [-0.3, -0.25) is 4.79 Å². The summed E-state index contributed by atoms with van der Waals surface area (Å²) >= 11 is 0. The number of nitrogens with one attached hydrogen (secondary N) is 1. The summed E-state index contributed by atoms with van der Waals surface area (Å²) in [4.78, 5) is 13.6. The number of anilines is 1. The van der Waals surface area contributed by atoms with Gasteiger partial charge in [-0.15, -0.1) is 10.2 Å². The average molecular weight is 397 g/mol. The highest BCUT2D eigenvalue weighted by atomic mass is 16.2. The van der Waals surface area contributed by atoms with Crippen LogP contribution in [0.2, 0.25) is 0 Å². The Hall–Kier alpha value is -4.20. The largest absolute Gasteiger partial charge is 0.324 e. The molecule has 0 aliphatic carbocycles. The zero-order valence-electron chi connectivity index (χ0n) is 16.3. The maximum absolute atomic E-state index is 12.3. The number of rotatable bonds is 6. The Bertz CT molecular complexity index is 1170. The first-order valence-corrected chi connectivity index (χ1v) is 9.38. The minimum absolute atomic E-state index is 0.0334. The average Bonchev–Trinajstić information content (AvgIpc) is 3.22. The van der Waals surface area contributed by atoms with Crippen LogP contribution in [0.15, 0.2) is 89.1 Å². The van der Waals surface area contributed by atoms with Gasteiger partial charge in [-0.2, -0.15) is 15.0 Å². The van der Waals surface area contributed by atoms with Crippen molar-refractivity contribution in [3.05, 3.63) is 84.4 Å². The monoisotopic (exact) mass is 397 g/mol. The third-order valence-electron chi connectivity index (χ3n) is 4.31. The normalized spacial score (nSPS) is 11.0. The van der Waals surface area contributed by atoms with Crippen molar-refractivity contribution in [1.29, 1.82) is 0 Å². The minimum Gasteiger partial charge on any atom is -0.324 e. The van der Waals surface area contributed by atoms with Crippen molar-refractivity contribution in [2.24, 2.45) is 10.2 Å². The van der Waals surface area contributed by atoms with Gasteiger partial charge in [0.25, 0.3) is 0 Å². The van der Waals surface area contributed by atoms with Crippen LogP contribution in [0, 0.1) is 6.92 Å². The highest BCUT2D eigenvalue weighted by molar-refractivity contribution is 5.90. The Morgan fingerprint density at radius 1 is 0.900 bits per heavy atom. The van der Waals surface area contributed by atoms with Crippen molar-refractivity contribution >= 4 is 23.0 Å². The number of carbonyl (C=O) groups excluding carboxylic acids is 1.